The first-order chi connectivity index (χ1) is 5.27. The van der Waals surface area contributed by atoms with Crippen LogP contribution in [0.15, 0.2) is 0 Å². The highest BCUT2D eigenvalue weighted by Crippen LogP contribution is 2.39. The van der Waals surface area contributed by atoms with Gasteiger partial charge in [0, 0.05) is 6.04 Å². The van der Waals surface area contributed by atoms with Crippen LogP contribution in [-0.4, -0.2) is 12.6 Å². The van der Waals surface area contributed by atoms with Crippen LogP contribution in [-0.2, 0) is 0 Å². The summed E-state index contributed by atoms with van der Waals surface area (Å²) in [5, 5.41) is 3.60. The standard InChI is InChI=1S/C10H19N/c1-7(2)9-5-8-3-4-11-10(8)6-9/h7-11H,3-6H2,1-2H3/t8-,9+,10+/m1/s1. The first-order valence-corrected chi connectivity index (χ1v) is 5.00. The van der Waals surface area contributed by atoms with Crippen molar-refractivity contribution in [2.45, 2.75) is 39.2 Å². The summed E-state index contributed by atoms with van der Waals surface area (Å²) >= 11 is 0. The minimum absolute atomic E-state index is 0.891. The molecule has 0 aromatic carbocycles. The Hall–Kier alpha value is -0.0400. The second-order valence-electron chi connectivity index (χ2n) is 4.58. The average molecular weight is 153 g/mol. The molecule has 1 aliphatic heterocycles. The highest BCUT2D eigenvalue weighted by molar-refractivity contribution is 4.93. The molecular weight excluding hydrogens is 134 g/mol. The van der Waals surface area contributed by atoms with E-state index in [1.165, 1.54) is 25.8 Å². The monoisotopic (exact) mass is 153 g/mol. The van der Waals surface area contributed by atoms with Gasteiger partial charge in [0.2, 0.25) is 0 Å². The van der Waals surface area contributed by atoms with Crippen molar-refractivity contribution >= 4 is 0 Å². The summed E-state index contributed by atoms with van der Waals surface area (Å²) < 4.78 is 0. The van der Waals surface area contributed by atoms with Crippen LogP contribution >= 0.6 is 0 Å². The fourth-order valence-corrected chi connectivity index (χ4v) is 2.74. The maximum Gasteiger partial charge on any atom is 0.00986 e. The average Bonchev–Trinajstić information content (AvgIpc) is 2.40. The molecule has 1 saturated heterocycles. The molecule has 1 saturated carbocycles. The van der Waals surface area contributed by atoms with E-state index in [2.05, 4.69) is 19.2 Å². The molecule has 1 N–H and O–H groups in total. The van der Waals surface area contributed by atoms with Crippen LogP contribution < -0.4 is 5.32 Å². The quantitative estimate of drug-likeness (QED) is 0.608. The van der Waals surface area contributed by atoms with E-state index in [9.17, 15) is 0 Å². The van der Waals surface area contributed by atoms with E-state index in [0.29, 0.717) is 0 Å². The van der Waals surface area contributed by atoms with Gasteiger partial charge in [0.05, 0.1) is 0 Å². The van der Waals surface area contributed by atoms with Gasteiger partial charge in [-0.05, 0) is 43.6 Å². The van der Waals surface area contributed by atoms with Crippen molar-refractivity contribution in [3.05, 3.63) is 0 Å². The van der Waals surface area contributed by atoms with Crippen molar-refractivity contribution < 1.29 is 0 Å². The molecule has 0 radical (unpaired) electrons. The van der Waals surface area contributed by atoms with Gasteiger partial charge >= 0.3 is 0 Å². The molecule has 1 aliphatic carbocycles. The number of hydrogen-bond donors (Lipinski definition) is 1. The maximum atomic E-state index is 3.60. The molecule has 3 atom stereocenters. The Morgan fingerprint density at radius 2 is 2.09 bits per heavy atom. The lowest BCUT2D eigenvalue weighted by Crippen LogP contribution is -2.22. The van der Waals surface area contributed by atoms with E-state index in [0.717, 1.165) is 23.8 Å². The summed E-state index contributed by atoms with van der Waals surface area (Å²) in [5.41, 5.74) is 0. The van der Waals surface area contributed by atoms with Crippen LogP contribution in [0.2, 0.25) is 0 Å². The van der Waals surface area contributed by atoms with Gasteiger partial charge in [0.15, 0.2) is 0 Å². The molecule has 0 spiro atoms. The first-order valence-electron chi connectivity index (χ1n) is 5.00. The molecule has 0 bridgehead atoms. The van der Waals surface area contributed by atoms with Crippen molar-refractivity contribution in [2.24, 2.45) is 17.8 Å². The highest BCUT2D eigenvalue weighted by atomic mass is 15.0. The van der Waals surface area contributed by atoms with Gasteiger partial charge in [-0.15, -0.1) is 0 Å². The lowest BCUT2D eigenvalue weighted by molar-refractivity contribution is 0.370. The molecule has 2 aliphatic rings. The van der Waals surface area contributed by atoms with Crippen LogP contribution in [0.25, 0.3) is 0 Å². The fraction of sp³-hybridized carbons (Fsp3) is 1.00. The van der Waals surface area contributed by atoms with Gasteiger partial charge in [-0.1, -0.05) is 13.8 Å². The van der Waals surface area contributed by atoms with Crippen LogP contribution in [0.4, 0.5) is 0 Å². The Bertz CT molecular complexity index is 130. The van der Waals surface area contributed by atoms with Crippen molar-refractivity contribution in [2.75, 3.05) is 6.54 Å². The zero-order valence-electron chi connectivity index (χ0n) is 7.64. The van der Waals surface area contributed by atoms with Crippen LogP contribution in [0.3, 0.4) is 0 Å². The van der Waals surface area contributed by atoms with Gasteiger partial charge in [-0.25, -0.2) is 0 Å². The molecule has 64 valence electrons. The van der Waals surface area contributed by atoms with Crippen molar-refractivity contribution in [1.29, 1.82) is 0 Å². The van der Waals surface area contributed by atoms with Crippen LogP contribution in [0.1, 0.15) is 33.1 Å². The van der Waals surface area contributed by atoms with Crippen LogP contribution in [0, 0.1) is 17.8 Å². The van der Waals surface area contributed by atoms with Gasteiger partial charge in [-0.3, -0.25) is 0 Å². The Morgan fingerprint density at radius 1 is 1.27 bits per heavy atom. The zero-order chi connectivity index (χ0) is 7.84. The van der Waals surface area contributed by atoms with Crippen LogP contribution in [0.5, 0.6) is 0 Å². The fourth-order valence-electron chi connectivity index (χ4n) is 2.74. The van der Waals surface area contributed by atoms with Gasteiger partial charge < -0.3 is 5.32 Å². The zero-order valence-corrected chi connectivity index (χ0v) is 7.64. The lowest BCUT2D eigenvalue weighted by Gasteiger charge is -2.14. The second kappa shape index (κ2) is 2.78. The molecule has 11 heavy (non-hydrogen) atoms. The minimum atomic E-state index is 0.891. The van der Waals surface area contributed by atoms with E-state index in [1.807, 2.05) is 0 Å². The first kappa shape index (κ1) is 7.60. The molecule has 1 heteroatoms. The number of rotatable bonds is 1. The molecule has 1 nitrogen and oxygen atoms in total. The summed E-state index contributed by atoms with van der Waals surface area (Å²) in [4.78, 5) is 0. The number of hydrogen-bond acceptors (Lipinski definition) is 1. The molecule has 0 unspecified atom stereocenters. The normalized spacial score (nSPS) is 43.4. The van der Waals surface area contributed by atoms with E-state index >= 15 is 0 Å². The van der Waals surface area contributed by atoms with Crippen molar-refractivity contribution in [3.8, 4) is 0 Å². The van der Waals surface area contributed by atoms with Gasteiger partial charge in [0.1, 0.15) is 0 Å². The molecule has 0 aromatic heterocycles. The predicted octanol–water partition coefficient (Wildman–Crippen LogP) is 2.03. The maximum absolute atomic E-state index is 3.60. The summed E-state index contributed by atoms with van der Waals surface area (Å²) in [7, 11) is 0. The van der Waals surface area contributed by atoms with E-state index in [4.69, 9.17) is 0 Å². The van der Waals surface area contributed by atoms with E-state index in [-0.39, 0.29) is 0 Å². The molecule has 1 heterocycles. The Morgan fingerprint density at radius 3 is 2.73 bits per heavy atom. The Kier molecular flexibility index (Phi) is 1.92. The van der Waals surface area contributed by atoms with Crippen molar-refractivity contribution in [1.82, 2.24) is 5.32 Å². The van der Waals surface area contributed by atoms with Crippen molar-refractivity contribution in [3.63, 3.8) is 0 Å². The predicted molar refractivity (Wildman–Crippen MR) is 47.5 cm³/mol. The molecule has 2 rings (SSSR count). The van der Waals surface area contributed by atoms with Gasteiger partial charge in [-0.2, -0.15) is 0 Å². The molecule has 0 amide bonds. The Labute approximate surface area is 69.6 Å². The third-order valence-corrected chi connectivity index (χ3v) is 3.60. The Balaban J connectivity index is 1.94. The van der Waals surface area contributed by atoms with E-state index in [1.54, 1.807) is 0 Å². The summed E-state index contributed by atoms with van der Waals surface area (Å²) in [6, 6.07) is 0.891. The molecule has 0 aromatic rings. The molecule has 2 fully saturated rings. The largest absolute Gasteiger partial charge is 0.314 e. The molecular formula is C10H19N. The third-order valence-electron chi connectivity index (χ3n) is 3.60. The smallest absolute Gasteiger partial charge is 0.00986 e. The minimum Gasteiger partial charge on any atom is -0.314 e. The second-order valence-corrected chi connectivity index (χ2v) is 4.58. The number of nitrogens with one attached hydrogen (secondary N) is 1. The summed E-state index contributed by atoms with van der Waals surface area (Å²) in [6.45, 7) is 6.01. The topological polar surface area (TPSA) is 12.0 Å². The SMILES string of the molecule is CC(C)[C@H]1C[C@H]2CCN[C@H]2C1. The summed E-state index contributed by atoms with van der Waals surface area (Å²) in [6.07, 6.45) is 4.38. The third kappa shape index (κ3) is 1.31. The van der Waals surface area contributed by atoms with E-state index < -0.39 is 0 Å². The van der Waals surface area contributed by atoms with Gasteiger partial charge in [0.25, 0.3) is 0 Å². The lowest BCUT2D eigenvalue weighted by atomic mass is 9.93. The highest BCUT2D eigenvalue weighted by Gasteiger charge is 2.37. The summed E-state index contributed by atoms with van der Waals surface area (Å²) in [5.74, 6) is 2.95. The number of fused-ring (bicyclic) bond motifs is 1.